The number of amides is 1. The maximum Gasteiger partial charge on any atom is 0.416 e. The van der Waals surface area contributed by atoms with Crippen molar-refractivity contribution in [3.63, 3.8) is 0 Å². The van der Waals surface area contributed by atoms with Crippen LogP contribution in [0, 0.1) is 0 Å². The van der Waals surface area contributed by atoms with E-state index in [2.05, 4.69) is 0 Å². The molecule has 1 rings (SSSR count). The number of hydrogen-bond donors (Lipinski definition) is 0. The summed E-state index contributed by atoms with van der Waals surface area (Å²) in [7, 11) is 0. The van der Waals surface area contributed by atoms with Gasteiger partial charge in [-0.3, -0.25) is 9.59 Å². The quantitative estimate of drug-likeness (QED) is 0.782. The van der Waals surface area contributed by atoms with Gasteiger partial charge in [-0.15, -0.1) is 0 Å². The molecule has 0 unspecified atom stereocenters. The number of halogens is 3. The first kappa shape index (κ1) is 14.2. The molecule has 0 bridgehead atoms. The SMILES string of the molecule is CCN(C(=O)C(C)=O)c1ccc(C(F)(F)F)cc1. The van der Waals surface area contributed by atoms with Crippen molar-refractivity contribution in [1.82, 2.24) is 0 Å². The Morgan fingerprint density at radius 1 is 1.17 bits per heavy atom. The first-order valence-corrected chi connectivity index (χ1v) is 5.27. The summed E-state index contributed by atoms with van der Waals surface area (Å²) in [5.74, 6) is -1.39. The van der Waals surface area contributed by atoms with E-state index in [1.54, 1.807) is 6.92 Å². The number of carbonyl (C=O) groups excluding carboxylic acids is 2. The molecule has 3 nitrogen and oxygen atoms in total. The summed E-state index contributed by atoms with van der Waals surface area (Å²) in [6, 6.07) is 4.11. The Labute approximate surface area is 102 Å². The van der Waals surface area contributed by atoms with Gasteiger partial charge >= 0.3 is 6.18 Å². The second-order valence-corrected chi connectivity index (χ2v) is 3.65. The largest absolute Gasteiger partial charge is 0.416 e. The summed E-state index contributed by atoms with van der Waals surface area (Å²) in [6.45, 7) is 2.97. The summed E-state index contributed by atoms with van der Waals surface area (Å²) < 4.78 is 37.1. The van der Waals surface area contributed by atoms with E-state index in [9.17, 15) is 22.8 Å². The molecule has 0 N–H and O–H groups in total. The van der Waals surface area contributed by atoms with Crippen LogP contribution in [0.4, 0.5) is 18.9 Å². The summed E-state index contributed by atoms with van der Waals surface area (Å²) in [5, 5.41) is 0. The second-order valence-electron chi connectivity index (χ2n) is 3.65. The van der Waals surface area contributed by atoms with Crippen LogP contribution in [-0.2, 0) is 15.8 Å². The third-order valence-corrected chi connectivity index (χ3v) is 2.37. The molecular weight excluding hydrogens is 247 g/mol. The van der Waals surface area contributed by atoms with Crippen molar-refractivity contribution in [2.24, 2.45) is 0 Å². The number of carbonyl (C=O) groups is 2. The number of benzene rings is 1. The van der Waals surface area contributed by atoms with Crippen molar-refractivity contribution < 1.29 is 22.8 Å². The van der Waals surface area contributed by atoms with Crippen molar-refractivity contribution >= 4 is 17.4 Å². The Morgan fingerprint density at radius 3 is 2.00 bits per heavy atom. The zero-order chi connectivity index (χ0) is 13.9. The van der Waals surface area contributed by atoms with Crippen LogP contribution >= 0.6 is 0 Å². The lowest BCUT2D eigenvalue weighted by Gasteiger charge is -2.20. The average Bonchev–Trinajstić information content (AvgIpc) is 2.29. The number of likely N-dealkylation sites (N-methyl/N-ethyl adjacent to an activating group) is 1. The highest BCUT2D eigenvalue weighted by Crippen LogP contribution is 2.30. The maximum atomic E-state index is 12.4. The lowest BCUT2D eigenvalue weighted by Crippen LogP contribution is -2.35. The van der Waals surface area contributed by atoms with E-state index in [1.807, 2.05) is 0 Å². The fraction of sp³-hybridized carbons (Fsp3) is 0.333. The van der Waals surface area contributed by atoms with Crippen molar-refractivity contribution in [2.45, 2.75) is 20.0 Å². The third kappa shape index (κ3) is 3.09. The van der Waals surface area contributed by atoms with Gasteiger partial charge in [0, 0.05) is 19.2 Å². The molecule has 0 saturated heterocycles. The highest BCUT2D eigenvalue weighted by atomic mass is 19.4. The van der Waals surface area contributed by atoms with Crippen LogP contribution in [0.3, 0.4) is 0 Å². The van der Waals surface area contributed by atoms with Crippen LogP contribution in [0.2, 0.25) is 0 Å². The molecule has 0 radical (unpaired) electrons. The summed E-state index contributed by atoms with van der Waals surface area (Å²) >= 11 is 0. The fourth-order valence-electron chi connectivity index (χ4n) is 1.46. The number of hydrogen-bond acceptors (Lipinski definition) is 2. The minimum Gasteiger partial charge on any atom is -0.306 e. The van der Waals surface area contributed by atoms with E-state index in [0.29, 0.717) is 0 Å². The average molecular weight is 259 g/mol. The molecule has 0 aliphatic rings. The minimum absolute atomic E-state index is 0.212. The molecule has 1 aromatic carbocycles. The standard InChI is InChI=1S/C12H12F3NO2/c1-3-16(11(18)8(2)17)10-6-4-9(5-7-10)12(13,14)15/h4-7H,3H2,1-2H3. The molecule has 1 amide bonds. The first-order chi connectivity index (χ1) is 8.27. The second kappa shape index (κ2) is 5.20. The highest BCUT2D eigenvalue weighted by molar-refractivity contribution is 6.40. The Morgan fingerprint density at radius 2 is 1.67 bits per heavy atom. The Balaban J connectivity index is 3.03. The molecule has 0 heterocycles. The van der Waals surface area contributed by atoms with E-state index < -0.39 is 23.4 Å². The Bertz CT molecular complexity index is 451. The predicted octanol–water partition coefficient (Wildman–Crippen LogP) is 2.65. The van der Waals surface area contributed by atoms with Crippen molar-refractivity contribution in [1.29, 1.82) is 0 Å². The van der Waals surface area contributed by atoms with E-state index >= 15 is 0 Å². The molecule has 0 spiro atoms. The van der Waals surface area contributed by atoms with E-state index in [0.717, 1.165) is 24.0 Å². The van der Waals surface area contributed by atoms with Crippen LogP contribution in [0.1, 0.15) is 19.4 Å². The summed E-state index contributed by atoms with van der Waals surface area (Å²) in [6.07, 6.45) is -4.42. The van der Waals surface area contributed by atoms with Crippen LogP contribution < -0.4 is 4.90 Å². The third-order valence-electron chi connectivity index (χ3n) is 2.37. The lowest BCUT2D eigenvalue weighted by molar-refractivity contribution is -0.137. The zero-order valence-electron chi connectivity index (χ0n) is 9.91. The normalized spacial score (nSPS) is 11.2. The number of alkyl halides is 3. The topological polar surface area (TPSA) is 37.4 Å². The molecule has 0 atom stereocenters. The van der Waals surface area contributed by atoms with Crippen molar-refractivity contribution in [3.8, 4) is 0 Å². The molecule has 0 fully saturated rings. The van der Waals surface area contributed by atoms with E-state index in [1.165, 1.54) is 12.1 Å². The van der Waals surface area contributed by atoms with Gasteiger partial charge in [-0.25, -0.2) is 0 Å². The smallest absolute Gasteiger partial charge is 0.306 e. The molecule has 0 aliphatic carbocycles. The van der Waals surface area contributed by atoms with E-state index in [4.69, 9.17) is 0 Å². The van der Waals surface area contributed by atoms with Crippen LogP contribution in [0.25, 0.3) is 0 Å². The Kier molecular flexibility index (Phi) is 4.11. The molecule has 0 saturated carbocycles. The molecule has 1 aromatic rings. The molecule has 98 valence electrons. The number of rotatable bonds is 3. The van der Waals surface area contributed by atoms with Crippen molar-refractivity contribution in [3.05, 3.63) is 29.8 Å². The van der Waals surface area contributed by atoms with E-state index in [-0.39, 0.29) is 12.2 Å². The van der Waals surface area contributed by atoms with Gasteiger partial charge in [0.2, 0.25) is 5.78 Å². The number of ketones is 1. The molecule has 6 heteroatoms. The van der Waals surface area contributed by atoms with Crippen molar-refractivity contribution in [2.75, 3.05) is 11.4 Å². The molecule has 0 aromatic heterocycles. The highest BCUT2D eigenvalue weighted by Gasteiger charge is 2.30. The van der Waals surface area contributed by atoms with Gasteiger partial charge in [0.15, 0.2) is 0 Å². The summed E-state index contributed by atoms with van der Waals surface area (Å²) in [4.78, 5) is 23.6. The molecular formula is C12H12F3NO2. The van der Waals surface area contributed by atoms with Gasteiger partial charge in [-0.05, 0) is 31.2 Å². The lowest BCUT2D eigenvalue weighted by atomic mass is 10.2. The number of anilines is 1. The predicted molar refractivity (Wildman–Crippen MR) is 60.2 cm³/mol. The van der Waals surface area contributed by atoms with Crippen LogP contribution in [0.15, 0.2) is 24.3 Å². The number of nitrogens with zero attached hydrogens (tertiary/aromatic N) is 1. The van der Waals surface area contributed by atoms with Crippen LogP contribution in [-0.4, -0.2) is 18.2 Å². The van der Waals surface area contributed by atoms with Gasteiger partial charge in [0.1, 0.15) is 0 Å². The van der Waals surface area contributed by atoms with Gasteiger partial charge in [-0.1, -0.05) is 0 Å². The van der Waals surface area contributed by atoms with Gasteiger partial charge in [-0.2, -0.15) is 13.2 Å². The van der Waals surface area contributed by atoms with Gasteiger partial charge in [0.25, 0.3) is 5.91 Å². The molecule has 18 heavy (non-hydrogen) atoms. The number of Topliss-reactive ketones (excluding diaryl/α,β-unsaturated/α-hetero) is 1. The maximum absolute atomic E-state index is 12.4. The summed E-state index contributed by atoms with van der Waals surface area (Å²) in [5.41, 5.74) is -0.525. The Hall–Kier alpha value is -1.85. The molecule has 0 aliphatic heterocycles. The van der Waals surface area contributed by atoms with Gasteiger partial charge < -0.3 is 4.90 Å². The minimum atomic E-state index is -4.42. The first-order valence-electron chi connectivity index (χ1n) is 5.27. The zero-order valence-corrected chi connectivity index (χ0v) is 9.91. The fourth-order valence-corrected chi connectivity index (χ4v) is 1.46. The van der Waals surface area contributed by atoms with Gasteiger partial charge in [0.05, 0.1) is 5.56 Å². The monoisotopic (exact) mass is 259 g/mol. The van der Waals surface area contributed by atoms with Crippen LogP contribution in [0.5, 0.6) is 0 Å².